The van der Waals surface area contributed by atoms with E-state index in [1.165, 1.54) is 0 Å². The van der Waals surface area contributed by atoms with Crippen molar-refractivity contribution in [3.05, 3.63) is 27.8 Å². The second-order valence-corrected chi connectivity index (χ2v) is 4.10. The maximum absolute atomic E-state index is 11.0. The molecule has 2 rings (SSSR count). The molecule has 1 N–H and O–H groups in total. The lowest BCUT2D eigenvalue weighted by molar-refractivity contribution is -0.384. The van der Waals surface area contributed by atoms with Crippen LogP contribution in [0.15, 0.2) is 12.1 Å². The van der Waals surface area contributed by atoms with Crippen LogP contribution in [0.4, 0.5) is 11.4 Å². The van der Waals surface area contributed by atoms with E-state index < -0.39 is 0 Å². The number of rotatable bonds is 2. The Morgan fingerprint density at radius 2 is 2.25 bits per heavy atom. The molecule has 0 saturated carbocycles. The molecule has 0 aliphatic carbocycles. The average molecular weight is 222 g/mol. The second kappa shape index (κ2) is 4.00. The summed E-state index contributed by atoms with van der Waals surface area (Å²) in [6, 6.07) is 3.49. The van der Waals surface area contributed by atoms with Crippen LogP contribution in [0, 0.1) is 10.1 Å². The number of hydrogen-bond donors (Lipinski definition) is 1. The Labute approximate surface area is 93.6 Å². The van der Waals surface area contributed by atoms with Gasteiger partial charge >= 0.3 is 0 Å². The highest BCUT2D eigenvalue weighted by molar-refractivity contribution is 5.72. The summed E-state index contributed by atoms with van der Waals surface area (Å²) in [4.78, 5) is 10.6. The van der Waals surface area contributed by atoms with Crippen molar-refractivity contribution in [2.24, 2.45) is 0 Å². The summed E-state index contributed by atoms with van der Waals surface area (Å²) in [5.74, 6) is 0.832. The summed E-state index contributed by atoms with van der Waals surface area (Å²) in [6.07, 6.45) is 0. The summed E-state index contributed by atoms with van der Waals surface area (Å²) in [7, 11) is 0. The molecule has 1 aliphatic rings. The predicted molar refractivity (Wildman–Crippen MR) is 61.2 cm³/mol. The molecule has 1 aromatic rings. The predicted octanol–water partition coefficient (Wildman–Crippen LogP) is 2.52. The number of nitro groups is 1. The largest absolute Gasteiger partial charge is 0.489 e. The Kier molecular flexibility index (Phi) is 2.68. The molecule has 1 aliphatic heterocycles. The van der Waals surface area contributed by atoms with Gasteiger partial charge in [0.2, 0.25) is 0 Å². The molecule has 0 atom stereocenters. The molecule has 0 radical (unpaired) electrons. The Balaban J connectivity index is 2.56. The zero-order chi connectivity index (χ0) is 11.7. The van der Waals surface area contributed by atoms with Crippen LogP contribution in [-0.2, 0) is 0 Å². The van der Waals surface area contributed by atoms with Gasteiger partial charge in [0, 0.05) is 12.6 Å². The molecule has 86 valence electrons. The van der Waals surface area contributed by atoms with Crippen molar-refractivity contribution >= 4 is 11.4 Å². The van der Waals surface area contributed by atoms with Crippen LogP contribution in [0.1, 0.15) is 25.3 Å². The fourth-order valence-corrected chi connectivity index (χ4v) is 1.73. The van der Waals surface area contributed by atoms with Gasteiger partial charge in [0.1, 0.15) is 12.4 Å². The molecule has 0 spiro atoms. The molecule has 16 heavy (non-hydrogen) atoms. The number of anilines is 1. The highest BCUT2D eigenvalue weighted by Gasteiger charge is 2.23. The molecule has 0 fully saturated rings. The zero-order valence-electron chi connectivity index (χ0n) is 9.32. The van der Waals surface area contributed by atoms with E-state index in [0.717, 1.165) is 5.56 Å². The molecule has 0 bridgehead atoms. The fraction of sp³-hybridized carbons (Fsp3) is 0.455. The van der Waals surface area contributed by atoms with Gasteiger partial charge in [0.05, 0.1) is 4.92 Å². The van der Waals surface area contributed by atoms with E-state index in [1.54, 1.807) is 6.07 Å². The van der Waals surface area contributed by atoms with Gasteiger partial charge in [-0.05, 0) is 17.5 Å². The first-order valence-electron chi connectivity index (χ1n) is 5.28. The van der Waals surface area contributed by atoms with E-state index in [9.17, 15) is 10.1 Å². The van der Waals surface area contributed by atoms with Gasteiger partial charge in [0.25, 0.3) is 5.69 Å². The third kappa shape index (κ3) is 1.80. The molecule has 0 amide bonds. The Bertz CT molecular complexity index is 429. The van der Waals surface area contributed by atoms with Crippen LogP contribution in [0.25, 0.3) is 0 Å². The monoisotopic (exact) mass is 222 g/mol. The Hall–Kier alpha value is -1.78. The molecule has 1 heterocycles. The van der Waals surface area contributed by atoms with Crippen LogP contribution in [0.2, 0.25) is 0 Å². The van der Waals surface area contributed by atoms with E-state index in [0.29, 0.717) is 24.6 Å². The lowest BCUT2D eigenvalue weighted by Gasteiger charge is -2.20. The molecule has 5 heteroatoms. The number of benzene rings is 1. The van der Waals surface area contributed by atoms with Crippen LogP contribution < -0.4 is 10.1 Å². The lowest BCUT2D eigenvalue weighted by atomic mass is 10.0. The van der Waals surface area contributed by atoms with Crippen molar-refractivity contribution in [1.29, 1.82) is 0 Å². The van der Waals surface area contributed by atoms with Crippen molar-refractivity contribution in [1.82, 2.24) is 0 Å². The number of hydrogen-bond acceptors (Lipinski definition) is 4. The van der Waals surface area contributed by atoms with E-state index in [-0.39, 0.29) is 16.5 Å². The van der Waals surface area contributed by atoms with Crippen molar-refractivity contribution in [3.8, 4) is 5.75 Å². The van der Waals surface area contributed by atoms with E-state index >= 15 is 0 Å². The summed E-state index contributed by atoms with van der Waals surface area (Å²) in [5, 5.41) is 14.0. The summed E-state index contributed by atoms with van der Waals surface area (Å²) < 4.78 is 5.44. The van der Waals surface area contributed by atoms with E-state index in [4.69, 9.17) is 4.74 Å². The van der Waals surface area contributed by atoms with Crippen LogP contribution in [0.3, 0.4) is 0 Å². The number of nitrogens with one attached hydrogen (secondary N) is 1. The third-order valence-corrected chi connectivity index (χ3v) is 2.63. The topological polar surface area (TPSA) is 64.4 Å². The highest BCUT2D eigenvalue weighted by atomic mass is 16.6. The van der Waals surface area contributed by atoms with Crippen molar-refractivity contribution in [3.63, 3.8) is 0 Å². The first-order valence-corrected chi connectivity index (χ1v) is 5.28. The molecule has 1 aromatic carbocycles. The molecule has 0 aromatic heterocycles. The summed E-state index contributed by atoms with van der Waals surface area (Å²) >= 11 is 0. The van der Waals surface area contributed by atoms with Gasteiger partial charge in [0.15, 0.2) is 5.69 Å². The van der Waals surface area contributed by atoms with Gasteiger partial charge in [-0.3, -0.25) is 10.1 Å². The van der Waals surface area contributed by atoms with Gasteiger partial charge in [-0.15, -0.1) is 0 Å². The van der Waals surface area contributed by atoms with Crippen LogP contribution >= 0.6 is 0 Å². The second-order valence-electron chi connectivity index (χ2n) is 4.10. The SMILES string of the molecule is CC(C)c1cc2c(c([N+](=O)[O-])c1)NCCO2. The minimum Gasteiger partial charge on any atom is -0.489 e. The summed E-state index contributed by atoms with van der Waals surface area (Å²) in [5.41, 5.74) is 1.52. The Morgan fingerprint density at radius 1 is 1.50 bits per heavy atom. The van der Waals surface area contributed by atoms with E-state index in [2.05, 4.69) is 5.32 Å². The first kappa shape index (κ1) is 10.7. The molecule has 0 saturated heterocycles. The summed E-state index contributed by atoms with van der Waals surface area (Å²) in [6.45, 7) is 5.16. The Morgan fingerprint density at radius 3 is 2.88 bits per heavy atom. The lowest BCUT2D eigenvalue weighted by Crippen LogP contribution is -2.19. The molecule has 0 unspecified atom stereocenters. The van der Waals surface area contributed by atoms with Crippen LogP contribution in [-0.4, -0.2) is 18.1 Å². The maximum Gasteiger partial charge on any atom is 0.296 e. The average Bonchev–Trinajstić information content (AvgIpc) is 2.27. The molecular formula is C11H14N2O3. The maximum atomic E-state index is 11.0. The van der Waals surface area contributed by atoms with E-state index in [1.807, 2.05) is 19.9 Å². The van der Waals surface area contributed by atoms with Gasteiger partial charge in [-0.25, -0.2) is 0 Å². The minimum atomic E-state index is -0.369. The number of nitro benzene ring substituents is 1. The standard InChI is InChI=1S/C11H14N2O3/c1-7(2)8-5-9(13(14)15)11-10(6-8)16-4-3-12-11/h5-7,12H,3-4H2,1-2H3. The number of ether oxygens (including phenoxy) is 1. The zero-order valence-corrected chi connectivity index (χ0v) is 9.32. The molecular weight excluding hydrogens is 208 g/mol. The van der Waals surface area contributed by atoms with Crippen molar-refractivity contribution < 1.29 is 9.66 Å². The van der Waals surface area contributed by atoms with Gasteiger partial charge < -0.3 is 10.1 Å². The van der Waals surface area contributed by atoms with Crippen LogP contribution in [0.5, 0.6) is 5.75 Å². The fourth-order valence-electron chi connectivity index (χ4n) is 1.73. The minimum absolute atomic E-state index is 0.0981. The highest BCUT2D eigenvalue weighted by Crippen LogP contribution is 2.39. The molecule has 5 nitrogen and oxygen atoms in total. The third-order valence-electron chi connectivity index (χ3n) is 2.63. The normalized spacial score (nSPS) is 13.9. The quantitative estimate of drug-likeness (QED) is 0.616. The smallest absolute Gasteiger partial charge is 0.296 e. The van der Waals surface area contributed by atoms with Gasteiger partial charge in [-0.1, -0.05) is 13.8 Å². The van der Waals surface area contributed by atoms with Crippen molar-refractivity contribution in [2.45, 2.75) is 19.8 Å². The van der Waals surface area contributed by atoms with Crippen molar-refractivity contribution in [2.75, 3.05) is 18.5 Å². The first-order chi connectivity index (χ1) is 7.59. The van der Waals surface area contributed by atoms with Gasteiger partial charge in [-0.2, -0.15) is 0 Å². The number of nitrogens with zero attached hydrogens (tertiary/aromatic N) is 1. The number of fused-ring (bicyclic) bond motifs is 1.